The summed E-state index contributed by atoms with van der Waals surface area (Å²) in [6.07, 6.45) is 3.50. The summed E-state index contributed by atoms with van der Waals surface area (Å²) in [6.45, 7) is 5.90. The van der Waals surface area contributed by atoms with Crippen molar-refractivity contribution in [2.75, 3.05) is 31.5 Å². The van der Waals surface area contributed by atoms with Crippen LogP contribution in [-0.2, 0) is 23.1 Å². The summed E-state index contributed by atoms with van der Waals surface area (Å²) in [4.78, 5) is 6.67. The zero-order chi connectivity index (χ0) is 24.0. The smallest absolute Gasteiger partial charge is 0.243 e. The number of hydrogen-bond donors (Lipinski definition) is 2. The third-order valence-corrected chi connectivity index (χ3v) is 8.07. The molecule has 1 aromatic heterocycles. The van der Waals surface area contributed by atoms with Crippen molar-refractivity contribution in [2.45, 2.75) is 24.9 Å². The number of piperazine rings is 1. The fraction of sp³-hybridized carbons (Fsp3) is 0.280. The molecule has 0 saturated carbocycles. The SMILES string of the molecule is Cc1ccccc1CN1CCN(S(=O)(=O)c2ccc(NC(=S)NCc3cccnc3)cc2)CC1. The minimum atomic E-state index is -3.53. The molecule has 3 aromatic rings. The van der Waals surface area contributed by atoms with Crippen molar-refractivity contribution in [3.8, 4) is 0 Å². The van der Waals surface area contributed by atoms with E-state index in [1.807, 2.05) is 24.3 Å². The predicted molar refractivity (Wildman–Crippen MR) is 139 cm³/mol. The summed E-state index contributed by atoms with van der Waals surface area (Å²) in [5, 5.41) is 6.67. The Balaban J connectivity index is 1.29. The van der Waals surface area contributed by atoms with E-state index in [9.17, 15) is 8.42 Å². The number of aromatic nitrogens is 1. The number of hydrogen-bond acceptors (Lipinski definition) is 5. The zero-order valence-electron chi connectivity index (χ0n) is 19.1. The van der Waals surface area contributed by atoms with E-state index in [1.54, 1.807) is 41.0 Å². The number of thiocarbonyl (C=S) groups is 1. The third-order valence-electron chi connectivity index (χ3n) is 5.91. The van der Waals surface area contributed by atoms with Crippen molar-refractivity contribution in [1.29, 1.82) is 0 Å². The van der Waals surface area contributed by atoms with E-state index in [1.165, 1.54) is 11.1 Å². The van der Waals surface area contributed by atoms with Gasteiger partial charge in [-0.15, -0.1) is 0 Å². The molecule has 0 atom stereocenters. The van der Waals surface area contributed by atoms with Crippen molar-refractivity contribution in [3.05, 3.63) is 89.7 Å². The molecular formula is C25H29N5O2S2. The van der Waals surface area contributed by atoms with Gasteiger partial charge in [0.2, 0.25) is 10.0 Å². The van der Waals surface area contributed by atoms with Gasteiger partial charge in [0.1, 0.15) is 0 Å². The summed E-state index contributed by atoms with van der Waals surface area (Å²) in [7, 11) is -3.53. The lowest BCUT2D eigenvalue weighted by atomic mass is 10.1. The first-order valence-electron chi connectivity index (χ1n) is 11.2. The summed E-state index contributed by atoms with van der Waals surface area (Å²) < 4.78 is 27.9. The van der Waals surface area contributed by atoms with Crippen molar-refractivity contribution in [3.63, 3.8) is 0 Å². The van der Waals surface area contributed by atoms with Crippen molar-refractivity contribution < 1.29 is 8.42 Å². The van der Waals surface area contributed by atoms with Gasteiger partial charge in [-0.05, 0) is 66.2 Å². The zero-order valence-corrected chi connectivity index (χ0v) is 20.8. The van der Waals surface area contributed by atoms with Crippen LogP contribution in [0.25, 0.3) is 0 Å². The highest BCUT2D eigenvalue weighted by atomic mass is 32.2. The average Bonchev–Trinajstić information content (AvgIpc) is 2.85. The van der Waals surface area contributed by atoms with E-state index >= 15 is 0 Å². The standard InChI is InChI=1S/C25H29N5O2S2/c1-20-5-2-3-7-22(20)19-29-13-15-30(16-14-29)34(31,32)24-10-8-23(9-11-24)28-25(33)27-18-21-6-4-12-26-17-21/h2-12,17H,13-16,18-19H2,1H3,(H2,27,28,33). The lowest BCUT2D eigenvalue weighted by molar-refractivity contribution is 0.181. The summed E-state index contributed by atoms with van der Waals surface area (Å²) in [5.41, 5.74) is 4.30. The first kappa shape index (κ1) is 24.3. The molecule has 0 unspecified atom stereocenters. The van der Waals surface area contributed by atoms with Gasteiger partial charge in [0.05, 0.1) is 4.90 Å². The number of benzene rings is 2. The molecule has 2 heterocycles. The molecule has 0 spiro atoms. The number of pyridine rings is 1. The fourth-order valence-corrected chi connectivity index (χ4v) is 5.49. The van der Waals surface area contributed by atoms with Gasteiger partial charge >= 0.3 is 0 Å². The van der Waals surface area contributed by atoms with Crippen LogP contribution in [0.4, 0.5) is 5.69 Å². The quantitative estimate of drug-likeness (QED) is 0.487. The van der Waals surface area contributed by atoms with Crippen molar-refractivity contribution in [1.82, 2.24) is 19.5 Å². The second-order valence-electron chi connectivity index (χ2n) is 8.30. The van der Waals surface area contributed by atoms with Crippen LogP contribution in [0.3, 0.4) is 0 Å². The third kappa shape index (κ3) is 6.18. The molecule has 0 bridgehead atoms. The second-order valence-corrected chi connectivity index (χ2v) is 10.6. The molecule has 0 radical (unpaired) electrons. The van der Waals surface area contributed by atoms with Crippen LogP contribution in [0.5, 0.6) is 0 Å². The van der Waals surface area contributed by atoms with Gasteiger partial charge in [-0.3, -0.25) is 9.88 Å². The maximum absolute atomic E-state index is 13.1. The van der Waals surface area contributed by atoms with Gasteiger partial charge in [0.25, 0.3) is 0 Å². The number of nitrogens with zero attached hydrogens (tertiary/aromatic N) is 3. The monoisotopic (exact) mass is 495 g/mol. The minimum absolute atomic E-state index is 0.291. The molecule has 9 heteroatoms. The molecule has 1 aliphatic heterocycles. The Morgan fingerprint density at radius 3 is 2.41 bits per heavy atom. The van der Waals surface area contributed by atoms with Crippen LogP contribution in [-0.4, -0.2) is 53.9 Å². The number of aryl methyl sites for hydroxylation is 1. The Labute approximate surface area is 206 Å². The van der Waals surface area contributed by atoms with Gasteiger partial charge in [0.15, 0.2) is 5.11 Å². The van der Waals surface area contributed by atoms with Crippen LogP contribution < -0.4 is 10.6 Å². The molecule has 0 aliphatic carbocycles. The van der Waals surface area contributed by atoms with Gasteiger partial charge < -0.3 is 10.6 Å². The molecular weight excluding hydrogens is 466 g/mol. The first-order chi connectivity index (χ1) is 16.4. The highest BCUT2D eigenvalue weighted by molar-refractivity contribution is 7.89. The largest absolute Gasteiger partial charge is 0.358 e. The van der Waals surface area contributed by atoms with Gasteiger partial charge in [-0.1, -0.05) is 30.3 Å². The number of anilines is 1. The van der Waals surface area contributed by atoms with Crippen LogP contribution in [0.1, 0.15) is 16.7 Å². The lowest BCUT2D eigenvalue weighted by Crippen LogP contribution is -2.48. The van der Waals surface area contributed by atoms with Gasteiger partial charge in [0, 0.05) is 57.3 Å². The molecule has 34 heavy (non-hydrogen) atoms. The Morgan fingerprint density at radius 1 is 1.00 bits per heavy atom. The van der Waals surface area contributed by atoms with E-state index in [0.29, 0.717) is 42.7 Å². The van der Waals surface area contributed by atoms with Crippen molar-refractivity contribution in [2.24, 2.45) is 0 Å². The summed E-state index contributed by atoms with van der Waals surface area (Å²) in [5.74, 6) is 0. The molecule has 0 amide bonds. The number of rotatable bonds is 7. The maximum atomic E-state index is 13.1. The average molecular weight is 496 g/mol. The summed E-state index contributed by atoms with van der Waals surface area (Å²) >= 11 is 5.34. The van der Waals surface area contributed by atoms with E-state index in [4.69, 9.17) is 12.2 Å². The molecule has 4 rings (SSSR count). The van der Waals surface area contributed by atoms with Crippen molar-refractivity contribution >= 4 is 33.0 Å². The van der Waals surface area contributed by atoms with Crippen LogP contribution in [0.2, 0.25) is 0 Å². The maximum Gasteiger partial charge on any atom is 0.243 e. The number of sulfonamides is 1. The minimum Gasteiger partial charge on any atom is -0.358 e. The van der Waals surface area contributed by atoms with E-state index in [0.717, 1.165) is 17.8 Å². The molecule has 7 nitrogen and oxygen atoms in total. The van der Waals surface area contributed by atoms with Gasteiger partial charge in [-0.2, -0.15) is 4.31 Å². The lowest BCUT2D eigenvalue weighted by Gasteiger charge is -2.34. The molecule has 178 valence electrons. The molecule has 1 fully saturated rings. The molecule has 1 saturated heterocycles. The highest BCUT2D eigenvalue weighted by Crippen LogP contribution is 2.21. The Bertz CT molecular complexity index is 1210. The second kappa shape index (κ2) is 11.1. The number of nitrogens with one attached hydrogen (secondary N) is 2. The van der Waals surface area contributed by atoms with Crippen LogP contribution >= 0.6 is 12.2 Å². The Morgan fingerprint density at radius 2 is 1.74 bits per heavy atom. The summed E-state index contributed by atoms with van der Waals surface area (Å²) in [6, 6.07) is 18.9. The van der Waals surface area contributed by atoms with E-state index < -0.39 is 10.0 Å². The Hall–Kier alpha value is -2.85. The molecule has 2 N–H and O–H groups in total. The van der Waals surface area contributed by atoms with Gasteiger partial charge in [-0.25, -0.2) is 8.42 Å². The topological polar surface area (TPSA) is 77.6 Å². The fourth-order valence-electron chi connectivity index (χ4n) is 3.88. The van der Waals surface area contributed by atoms with Crippen LogP contribution in [0, 0.1) is 6.92 Å². The van der Waals surface area contributed by atoms with E-state index in [-0.39, 0.29) is 0 Å². The van der Waals surface area contributed by atoms with Crippen LogP contribution in [0.15, 0.2) is 78.0 Å². The molecule has 1 aliphatic rings. The first-order valence-corrected chi connectivity index (χ1v) is 13.1. The Kier molecular flexibility index (Phi) is 7.89. The predicted octanol–water partition coefficient (Wildman–Crippen LogP) is 3.38. The van der Waals surface area contributed by atoms with E-state index in [2.05, 4.69) is 39.6 Å². The molecule has 2 aromatic carbocycles. The normalized spacial score (nSPS) is 15.1. The highest BCUT2D eigenvalue weighted by Gasteiger charge is 2.28.